The topological polar surface area (TPSA) is 46.0 Å². The van der Waals surface area contributed by atoms with Crippen LogP contribution in [-0.2, 0) is 13.1 Å². The molecule has 1 aliphatic heterocycles. The Morgan fingerprint density at radius 3 is 3.06 bits per heavy atom. The van der Waals surface area contributed by atoms with E-state index in [1.165, 1.54) is 38.6 Å². The lowest BCUT2D eigenvalue weighted by atomic mass is 10.2. The number of nitrogens with one attached hydrogen (secondary N) is 1. The molecule has 5 heteroatoms. The Hall–Kier alpha value is -0.940. The first-order valence-corrected chi connectivity index (χ1v) is 7.24. The van der Waals surface area contributed by atoms with Crippen LogP contribution in [0.2, 0.25) is 0 Å². The van der Waals surface area contributed by atoms with Crippen LogP contribution in [0.25, 0.3) is 0 Å². The number of aromatic nitrogens is 3. The maximum atomic E-state index is 4.15. The largest absolute Gasteiger partial charge is 0.315 e. The smallest absolute Gasteiger partial charge is 0.147 e. The number of fused-ring (bicyclic) bond motifs is 1. The zero-order valence-electron chi connectivity index (χ0n) is 11.0. The van der Waals surface area contributed by atoms with Gasteiger partial charge in [0.2, 0.25) is 0 Å². The third kappa shape index (κ3) is 2.90. The van der Waals surface area contributed by atoms with Gasteiger partial charge in [-0.25, -0.2) is 0 Å². The Kier molecular flexibility index (Phi) is 3.90. The normalized spacial score (nSPS) is 21.3. The molecule has 2 aliphatic rings. The van der Waals surface area contributed by atoms with Crippen molar-refractivity contribution in [3.05, 3.63) is 12.2 Å². The fourth-order valence-corrected chi connectivity index (χ4v) is 3.05. The van der Waals surface area contributed by atoms with E-state index >= 15 is 0 Å². The Morgan fingerprint density at radius 1 is 1.28 bits per heavy atom. The van der Waals surface area contributed by atoms with Crippen molar-refractivity contribution >= 4 is 0 Å². The average Bonchev–Trinajstić information content (AvgIpc) is 3.05. The van der Waals surface area contributed by atoms with E-state index in [9.17, 15) is 0 Å². The SMILES string of the molecule is c1nnc2n1CCN(CCCNC1CCCC1)C2. The predicted molar refractivity (Wildman–Crippen MR) is 70.2 cm³/mol. The molecule has 0 bridgehead atoms. The van der Waals surface area contributed by atoms with Gasteiger partial charge in [0.15, 0.2) is 0 Å². The summed E-state index contributed by atoms with van der Waals surface area (Å²) in [5.74, 6) is 1.12. The highest BCUT2D eigenvalue weighted by Gasteiger charge is 2.17. The van der Waals surface area contributed by atoms with Crippen molar-refractivity contribution in [2.45, 2.75) is 51.2 Å². The third-order valence-electron chi connectivity index (χ3n) is 4.16. The van der Waals surface area contributed by atoms with Crippen molar-refractivity contribution < 1.29 is 0 Å². The molecule has 1 aliphatic carbocycles. The zero-order chi connectivity index (χ0) is 12.2. The molecule has 1 aromatic heterocycles. The number of rotatable bonds is 5. The van der Waals surface area contributed by atoms with Gasteiger partial charge in [-0.1, -0.05) is 12.8 Å². The first kappa shape index (κ1) is 12.1. The lowest BCUT2D eigenvalue weighted by Gasteiger charge is -2.27. The Morgan fingerprint density at radius 2 is 2.17 bits per heavy atom. The van der Waals surface area contributed by atoms with Crippen molar-refractivity contribution in [3.8, 4) is 0 Å². The minimum Gasteiger partial charge on any atom is -0.315 e. The second kappa shape index (κ2) is 5.80. The van der Waals surface area contributed by atoms with E-state index in [0.717, 1.165) is 38.0 Å². The van der Waals surface area contributed by atoms with Gasteiger partial charge >= 0.3 is 0 Å². The highest BCUT2D eigenvalue weighted by Crippen LogP contribution is 2.17. The minimum atomic E-state index is 0.800. The maximum Gasteiger partial charge on any atom is 0.147 e. The molecule has 5 nitrogen and oxygen atoms in total. The molecule has 0 aromatic carbocycles. The first-order valence-electron chi connectivity index (χ1n) is 7.24. The summed E-state index contributed by atoms with van der Waals surface area (Å²) in [6.07, 6.45) is 8.68. The highest BCUT2D eigenvalue weighted by atomic mass is 15.3. The molecular weight excluding hydrogens is 226 g/mol. The van der Waals surface area contributed by atoms with Crippen LogP contribution in [-0.4, -0.2) is 45.3 Å². The molecule has 0 radical (unpaired) electrons. The fourth-order valence-electron chi connectivity index (χ4n) is 3.05. The molecule has 0 saturated heterocycles. The first-order chi connectivity index (χ1) is 8.92. The summed E-state index contributed by atoms with van der Waals surface area (Å²) in [5.41, 5.74) is 0. The molecule has 1 fully saturated rings. The molecule has 18 heavy (non-hydrogen) atoms. The van der Waals surface area contributed by atoms with Crippen molar-refractivity contribution in [1.29, 1.82) is 0 Å². The standard InChI is InChI=1S/C13H23N5/c1-2-5-12(4-1)14-6-3-7-17-8-9-18-11-15-16-13(18)10-17/h11-12,14H,1-10H2. The summed E-state index contributed by atoms with van der Waals surface area (Å²) >= 11 is 0. The quantitative estimate of drug-likeness (QED) is 0.791. The molecule has 0 spiro atoms. The molecule has 0 amide bonds. The highest BCUT2D eigenvalue weighted by molar-refractivity contribution is 4.89. The van der Waals surface area contributed by atoms with Crippen LogP contribution >= 0.6 is 0 Å². The number of hydrogen-bond acceptors (Lipinski definition) is 4. The van der Waals surface area contributed by atoms with E-state index in [4.69, 9.17) is 0 Å². The monoisotopic (exact) mass is 249 g/mol. The molecule has 0 atom stereocenters. The van der Waals surface area contributed by atoms with Crippen LogP contribution in [0.4, 0.5) is 0 Å². The van der Waals surface area contributed by atoms with Gasteiger partial charge in [0.25, 0.3) is 0 Å². The van der Waals surface area contributed by atoms with E-state index in [-0.39, 0.29) is 0 Å². The van der Waals surface area contributed by atoms with Crippen LogP contribution in [0, 0.1) is 0 Å². The van der Waals surface area contributed by atoms with Gasteiger partial charge in [-0.15, -0.1) is 10.2 Å². The van der Waals surface area contributed by atoms with Crippen molar-refractivity contribution in [2.24, 2.45) is 0 Å². The zero-order valence-corrected chi connectivity index (χ0v) is 11.0. The molecule has 3 rings (SSSR count). The Bertz CT molecular complexity index is 369. The second-order valence-corrected chi connectivity index (χ2v) is 5.51. The molecule has 2 heterocycles. The van der Waals surface area contributed by atoms with Crippen LogP contribution in [0.1, 0.15) is 37.9 Å². The van der Waals surface area contributed by atoms with Crippen molar-refractivity contribution in [2.75, 3.05) is 19.6 Å². The summed E-state index contributed by atoms with van der Waals surface area (Å²) in [6.45, 7) is 5.47. The van der Waals surface area contributed by atoms with Gasteiger partial charge in [-0.05, 0) is 32.4 Å². The predicted octanol–water partition coefficient (Wildman–Crippen LogP) is 1.02. The van der Waals surface area contributed by atoms with Crippen LogP contribution < -0.4 is 5.32 Å². The van der Waals surface area contributed by atoms with Gasteiger partial charge in [0, 0.05) is 19.1 Å². The van der Waals surface area contributed by atoms with Gasteiger partial charge < -0.3 is 9.88 Å². The molecule has 1 saturated carbocycles. The molecule has 1 aromatic rings. The Balaban J connectivity index is 1.34. The van der Waals surface area contributed by atoms with Crippen LogP contribution in [0.5, 0.6) is 0 Å². The maximum absolute atomic E-state index is 4.15. The number of hydrogen-bond donors (Lipinski definition) is 1. The number of nitrogens with zero attached hydrogens (tertiary/aromatic N) is 4. The van der Waals surface area contributed by atoms with Gasteiger partial charge in [0.1, 0.15) is 12.2 Å². The summed E-state index contributed by atoms with van der Waals surface area (Å²) in [7, 11) is 0. The van der Waals surface area contributed by atoms with Crippen LogP contribution in [0.3, 0.4) is 0 Å². The lowest BCUT2D eigenvalue weighted by molar-refractivity contribution is 0.213. The summed E-state index contributed by atoms with van der Waals surface area (Å²) in [4.78, 5) is 2.49. The molecular formula is C13H23N5. The minimum absolute atomic E-state index is 0.800. The fraction of sp³-hybridized carbons (Fsp3) is 0.846. The van der Waals surface area contributed by atoms with E-state index in [1.807, 2.05) is 6.33 Å². The Labute approximate surface area is 109 Å². The van der Waals surface area contributed by atoms with Crippen molar-refractivity contribution in [3.63, 3.8) is 0 Å². The summed E-state index contributed by atoms with van der Waals surface area (Å²) < 4.78 is 2.16. The van der Waals surface area contributed by atoms with Gasteiger partial charge in [-0.2, -0.15) is 0 Å². The van der Waals surface area contributed by atoms with Gasteiger partial charge in [0.05, 0.1) is 6.54 Å². The molecule has 100 valence electrons. The lowest BCUT2D eigenvalue weighted by Crippen LogP contribution is -2.36. The molecule has 0 unspecified atom stereocenters. The average molecular weight is 249 g/mol. The van der Waals surface area contributed by atoms with E-state index in [1.54, 1.807) is 0 Å². The van der Waals surface area contributed by atoms with Gasteiger partial charge in [-0.3, -0.25) is 4.90 Å². The van der Waals surface area contributed by atoms with Crippen molar-refractivity contribution in [1.82, 2.24) is 25.0 Å². The summed E-state index contributed by atoms with van der Waals surface area (Å²) in [5, 5.41) is 11.8. The molecule has 1 N–H and O–H groups in total. The third-order valence-corrected chi connectivity index (χ3v) is 4.16. The second-order valence-electron chi connectivity index (χ2n) is 5.51. The van der Waals surface area contributed by atoms with E-state index < -0.39 is 0 Å². The summed E-state index contributed by atoms with van der Waals surface area (Å²) in [6, 6.07) is 0.800. The van der Waals surface area contributed by atoms with E-state index in [2.05, 4.69) is 25.0 Å². The van der Waals surface area contributed by atoms with Crippen LogP contribution in [0.15, 0.2) is 6.33 Å². The van der Waals surface area contributed by atoms with E-state index in [0.29, 0.717) is 0 Å².